The van der Waals surface area contributed by atoms with E-state index in [-0.39, 0.29) is 11.8 Å². The molecule has 3 aromatic rings. The molecule has 6 nitrogen and oxygen atoms in total. The fourth-order valence-electron chi connectivity index (χ4n) is 2.55. The molecule has 0 aliphatic rings. The average molecular weight is 342 g/mol. The number of aryl methyl sites for hydroxylation is 1. The van der Waals surface area contributed by atoms with Crippen molar-refractivity contribution >= 4 is 6.03 Å². The standard InChI is InChI=1S/C18H19FN4O2/c1-22(12-16-4-3-9-25-16)18(24)21-17(14-10-20-23(2)11-14)13-5-7-15(19)8-6-13/h3-11,17H,12H2,1-2H3,(H,21,24)/t17-/m1/s1. The third kappa shape index (κ3) is 4.06. The van der Waals surface area contributed by atoms with Gasteiger partial charge in [0.1, 0.15) is 11.6 Å². The summed E-state index contributed by atoms with van der Waals surface area (Å²) in [6.07, 6.45) is 5.07. The Bertz CT molecular complexity index is 827. The monoisotopic (exact) mass is 342 g/mol. The molecule has 1 atom stereocenters. The van der Waals surface area contributed by atoms with Crippen LogP contribution in [0.1, 0.15) is 22.9 Å². The van der Waals surface area contributed by atoms with Gasteiger partial charge < -0.3 is 14.6 Å². The summed E-state index contributed by atoms with van der Waals surface area (Å²) in [5, 5.41) is 7.12. The van der Waals surface area contributed by atoms with Crippen LogP contribution in [0, 0.1) is 5.82 Å². The fraction of sp³-hybridized carbons (Fsp3) is 0.222. The first-order chi connectivity index (χ1) is 12.0. The second-order valence-corrected chi connectivity index (χ2v) is 5.82. The number of nitrogens with zero attached hydrogens (tertiary/aromatic N) is 3. The average Bonchev–Trinajstić information content (AvgIpc) is 3.25. The van der Waals surface area contributed by atoms with E-state index < -0.39 is 6.04 Å². The van der Waals surface area contributed by atoms with E-state index in [1.807, 2.05) is 12.3 Å². The molecule has 0 saturated carbocycles. The first-order valence-electron chi connectivity index (χ1n) is 7.81. The van der Waals surface area contributed by atoms with Gasteiger partial charge in [-0.05, 0) is 29.8 Å². The molecule has 3 rings (SSSR count). The normalized spacial score (nSPS) is 12.0. The number of rotatable bonds is 5. The van der Waals surface area contributed by atoms with Crippen LogP contribution in [0.4, 0.5) is 9.18 Å². The van der Waals surface area contributed by atoms with Crippen LogP contribution in [0.15, 0.2) is 59.5 Å². The summed E-state index contributed by atoms with van der Waals surface area (Å²) in [5.41, 5.74) is 1.59. The van der Waals surface area contributed by atoms with E-state index in [0.717, 1.165) is 11.1 Å². The molecule has 1 N–H and O–H groups in total. The smallest absolute Gasteiger partial charge is 0.318 e. The summed E-state index contributed by atoms with van der Waals surface area (Å²) >= 11 is 0. The highest BCUT2D eigenvalue weighted by Gasteiger charge is 2.21. The van der Waals surface area contributed by atoms with Gasteiger partial charge in [0.2, 0.25) is 0 Å². The van der Waals surface area contributed by atoms with Crippen molar-refractivity contribution in [3.63, 3.8) is 0 Å². The number of carbonyl (C=O) groups is 1. The Morgan fingerprint density at radius 1 is 1.32 bits per heavy atom. The number of hydrogen-bond donors (Lipinski definition) is 1. The summed E-state index contributed by atoms with van der Waals surface area (Å²) in [6.45, 7) is 0.349. The number of benzene rings is 1. The van der Waals surface area contributed by atoms with Crippen molar-refractivity contribution in [2.24, 2.45) is 7.05 Å². The van der Waals surface area contributed by atoms with Crippen LogP contribution < -0.4 is 5.32 Å². The second-order valence-electron chi connectivity index (χ2n) is 5.82. The van der Waals surface area contributed by atoms with Gasteiger partial charge in [0.15, 0.2) is 0 Å². The molecule has 0 fully saturated rings. The zero-order valence-electron chi connectivity index (χ0n) is 14.0. The molecule has 0 bridgehead atoms. The van der Waals surface area contributed by atoms with Crippen LogP contribution in [0.2, 0.25) is 0 Å². The molecule has 25 heavy (non-hydrogen) atoms. The molecule has 7 heteroatoms. The molecular weight excluding hydrogens is 323 g/mol. The molecule has 0 saturated heterocycles. The minimum Gasteiger partial charge on any atom is -0.467 e. The Balaban J connectivity index is 1.79. The van der Waals surface area contributed by atoms with Crippen LogP contribution >= 0.6 is 0 Å². The van der Waals surface area contributed by atoms with E-state index in [9.17, 15) is 9.18 Å². The maximum absolute atomic E-state index is 13.2. The van der Waals surface area contributed by atoms with Crippen LogP contribution in [-0.4, -0.2) is 27.8 Å². The molecule has 2 amide bonds. The van der Waals surface area contributed by atoms with Crippen molar-refractivity contribution in [2.75, 3.05) is 7.05 Å². The number of nitrogens with one attached hydrogen (secondary N) is 1. The minimum absolute atomic E-state index is 0.269. The Morgan fingerprint density at radius 2 is 2.08 bits per heavy atom. The van der Waals surface area contributed by atoms with Gasteiger partial charge in [-0.25, -0.2) is 9.18 Å². The zero-order valence-corrected chi connectivity index (χ0v) is 14.0. The molecule has 0 spiro atoms. The fourth-order valence-corrected chi connectivity index (χ4v) is 2.55. The highest BCUT2D eigenvalue weighted by molar-refractivity contribution is 5.75. The van der Waals surface area contributed by atoms with Gasteiger partial charge in [0, 0.05) is 25.9 Å². The van der Waals surface area contributed by atoms with Crippen LogP contribution in [0.25, 0.3) is 0 Å². The third-order valence-electron chi connectivity index (χ3n) is 3.85. The third-order valence-corrected chi connectivity index (χ3v) is 3.85. The molecular formula is C18H19FN4O2. The highest BCUT2D eigenvalue weighted by atomic mass is 19.1. The predicted molar refractivity (Wildman–Crippen MR) is 90.2 cm³/mol. The number of halogens is 1. The van der Waals surface area contributed by atoms with Gasteiger partial charge in [-0.1, -0.05) is 12.1 Å². The van der Waals surface area contributed by atoms with E-state index in [4.69, 9.17) is 4.42 Å². The van der Waals surface area contributed by atoms with Crippen LogP contribution in [0.3, 0.4) is 0 Å². The summed E-state index contributed by atoms with van der Waals surface area (Å²) in [7, 11) is 3.49. The predicted octanol–water partition coefficient (Wildman–Crippen LogP) is 3.08. The van der Waals surface area contributed by atoms with Crippen molar-refractivity contribution < 1.29 is 13.6 Å². The Morgan fingerprint density at radius 3 is 2.68 bits per heavy atom. The van der Waals surface area contributed by atoms with Gasteiger partial charge >= 0.3 is 6.03 Å². The molecule has 0 radical (unpaired) electrons. The van der Waals surface area contributed by atoms with Gasteiger partial charge in [-0.3, -0.25) is 4.68 Å². The molecule has 0 unspecified atom stereocenters. The Hall–Kier alpha value is -3.09. The lowest BCUT2D eigenvalue weighted by Gasteiger charge is -2.23. The van der Waals surface area contributed by atoms with Crippen LogP contribution in [-0.2, 0) is 13.6 Å². The number of urea groups is 1. The number of carbonyl (C=O) groups excluding carboxylic acids is 1. The van der Waals surface area contributed by atoms with Crippen molar-refractivity contribution in [3.8, 4) is 0 Å². The number of furan rings is 1. The van der Waals surface area contributed by atoms with Crippen molar-refractivity contribution in [2.45, 2.75) is 12.6 Å². The molecule has 130 valence electrons. The van der Waals surface area contributed by atoms with Gasteiger partial charge in [-0.15, -0.1) is 0 Å². The Kier molecular flexibility index (Phi) is 4.83. The van der Waals surface area contributed by atoms with E-state index >= 15 is 0 Å². The van der Waals surface area contributed by atoms with Crippen molar-refractivity contribution in [1.82, 2.24) is 20.0 Å². The number of aromatic nitrogens is 2. The quantitative estimate of drug-likeness (QED) is 0.775. The zero-order chi connectivity index (χ0) is 17.8. The summed E-state index contributed by atoms with van der Waals surface area (Å²) < 4.78 is 20.2. The summed E-state index contributed by atoms with van der Waals surface area (Å²) in [6, 6.07) is 8.94. The molecule has 1 aromatic carbocycles. The topological polar surface area (TPSA) is 63.3 Å². The maximum atomic E-state index is 13.2. The largest absolute Gasteiger partial charge is 0.467 e. The van der Waals surface area contributed by atoms with Gasteiger partial charge in [0.25, 0.3) is 0 Å². The number of amides is 2. The lowest BCUT2D eigenvalue weighted by atomic mass is 10.0. The van der Waals surface area contributed by atoms with E-state index in [1.54, 1.807) is 49.4 Å². The maximum Gasteiger partial charge on any atom is 0.318 e. The van der Waals surface area contributed by atoms with E-state index in [1.165, 1.54) is 17.0 Å². The molecule has 2 aromatic heterocycles. The SMILES string of the molecule is CN(Cc1ccco1)C(=O)N[C@H](c1ccc(F)cc1)c1cnn(C)c1. The summed E-state index contributed by atoms with van der Waals surface area (Å²) in [4.78, 5) is 14.1. The first-order valence-corrected chi connectivity index (χ1v) is 7.81. The van der Waals surface area contributed by atoms with Crippen molar-refractivity contribution in [3.05, 3.63) is 77.8 Å². The lowest BCUT2D eigenvalue weighted by Crippen LogP contribution is -2.39. The molecule has 0 aliphatic carbocycles. The Labute approximate surface area is 144 Å². The van der Waals surface area contributed by atoms with Crippen molar-refractivity contribution in [1.29, 1.82) is 0 Å². The lowest BCUT2D eigenvalue weighted by molar-refractivity contribution is 0.200. The molecule has 2 heterocycles. The van der Waals surface area contributed by atoms with Crippen LogP contribution in [0.5, 0.6) is 0 Å². The minimum atomic E-state index is -0.430. The van der Waals surface area contributed by atoms with Gasteiger partial charge in [0.05, 0.1) is 25.0 Å². The van der Waals surface area contributed by atoms with E-state index in [0.29, 0.717) is 12.3 Å². The van der Waals surface area contributed by atoms with E-state index in [2.05, 4.69) is 10.4 Å². The second kappa shape index (κ2) is 7.21. The van der Waals surface area contributed by atoms with Gasteiger partial charge in [-0.2, -0.15) is 5.10 Å². The number of hydrogen-bond acceptors (Lipinski definition) is 3. The summed E-state index contributed by atoms with van der Waals surface area (Å²) in [5.74, 6) is 0.368. The highest BCUT2D eigenvalue weighted by Crippen LogP contribution is 2.22. The molecule has 0 aliphatic heterocycles. The first kappa shape index (κ1) is 16.8.